The minimum Gasteiger partial charge on any atom is -0.497 e. The zero-order valence-electron chi connectivity index (χ0n) is 7.29. The number of halogens is 2. The fourth-order valence-corrected chi connectivity index (χ4v) is 2.17. The zero-order valence-corrected chi connectivity index (χ0v) is 9.63. The third-order valence-electron chi connectivity index (χ3n) is 1.85. The fourth-order valence-electron chi connectivity index (χ4n) is 1.20. The summed E-state index contributed by atoms with van der Waals surface area (Å²) in [7, 11) is 1.61. The smallest absolute Gasteiger partial charge is 0.141 e. The first-order chi connectivity index (χ1) is 6.72. The average molecular weight is 274 g/mol. The first-order valence-electron chi connectivity index (χ1n) is 3.86. The number of methoxy groups -OCH3 is 1. The molecule has 14 heavy (non-hydrogen) atoms. The average Bonchev–Trinajstić information content (AvgIpc) is 2.17. The van der Waals surface area contributed by atoms with E-state index in [0.29, 0.717) is 5.15 Å². The molecule has 0 N–H and O–H groups in total. The van der Waals surface area contributed by atoms with Crippen LogP contribution in [-0.2, 0) is 0 Å². The van der Waals surface area contributed by atoms with Crippen molar-refractivity contribution in [3.8, 4) is 5.75 Å². The molecule has 0 aliphatic carbocycles. The molecular weight excluding hydrogens is 267 g/mol. The van der Waals surface area contributed by atoms with Gasteiger partial charge in [-0.3, -0.25) is 0 Å². The fraction of sp³-hybridized carbons (Fsp3) is 0.111. The number of hydrogen-bond acceptors (Lipinski definition) is 3. The summed E-state index contributed by atoms with van der Waals surface area (Å²) in [4.78, 5) is 8.01. The lowest BCUT2D eigenvalue weighted by Crippen LogP contribution is -1.88. The molecular formula is C9H6BrClN2O. The first-order valence-corrected chi connectivity index (χ1v) is 5.03. The van der Waals surface area contributed by atoms with E-state index in [1.54, 1.807) is 7.11 Å². The van der Waals surface area contributed by atoms with E-state index < -0.39 is 0 Å². The van der Waals surface area contributed by atoms with Gasteiger partial charge in [-0.05, 0) is 22.0 Å². The maximum absolute atomic E-state index is 5.94. The topological polar surface area (TPSA) is 35.0 Å². The van der Waals surface area contributed by atoms with E-state index in [1.165, 1.54) is 6.33 Å². The van der Waals surface area contributed by atoms with Crippen molar-refractivity contribution >= 4 is 38.4 Å². The van der Waals surface area contributed by atoms with Crippen molar-refractivity contribution in [2.75, 3.05) is 7.11 Å². The summed E-state index contributed by atoms with van der Waals surface area (Å²) in [6, 6.07) is 3.64. The Balaban J connectivity index is 2.83. The van der Waals surface area contributed by atoms with Crippen molar-refractivity contribution in [2.24, 2.45) is 0 Å². The lowest BCUT2D eigenvalue weighted by molar-refractivity contribution is 0.415. The Hall–Kier alpha value is -0.870. The molecule has 0 saturated heterocycles. The predicted octanol–water partition coefficient (Wildman–Crippen LogP) is 3.05. The summed E-state index contributed by atoms with van der Waals surface area (Å²) < 4.78 is 5.94. The van der Waals surface area contributed by atoms with Crippen LogP contribution in [-0.4, -0.2) is 17.1 Å². The van der Waals surface area contributed by atoms with Gasteiger partial charge in [0.2, 0.25) is 0 Å². The normalized spacial score (nSPS) is 10.5. The second-order valence-electron chi connectivity index (χ2n) is 2.67. The van der Waals surface area contributed by atoms with Gasteiger partial charge < -0.3 is 4.74 Å². The monoisotopic (exact) mass is 272 g/mol. The maximum Gasteiger partial charge on any atom is 0.141 e. The Morgan fingerprint density at radius 2 is 2.14 bits per heavy atom. The molecule has 0 spiro atoms. The lowest BCUT2D eigenvalue weighted by atomic mass is 10.2. The molecule has 2 aromatic rings. The van der Waals surface area contributed by atoms with Gasteiger partial charge in [0.1, 0.15) is 17.2 Å². The Bertz CT molecular complexity index is 489. The van der Waals surface area contributed by atoms with Gasteiger partial charge in [0, 0.05) is 10.5 Å². The molecule has 1 aromatic carbocycles. The largest absolute Gasteiger partial charge is 0.497 e. The third kappa shape index (κ3) is 1.55. The number of hydrogen-bond donors (Lipinski definition) is 0. The van der Waals surface area contributed by atoms with Crippen LogP contribution in [0.15, 0.2) is 22.9 Å². The number of fused-ring (bicyclic) bond motifs is 1. The van der Waals surface area contributed by atoms with E-state index in [9.17, 15) is 0 Å². The number of benzene rings is 1. The van der Waals surface area contributed by atoms with Crippen molar-refractivity contribution in [3.05, 3.63) is 28.1 Å². The van der Waals surface area contributed by atoms with Gasteiger partial charge in [-0.2, -0.15) is 0 Å². The van der Waals surface area contributed by atoms with E-state index in [1.807, 2.05) is 12.1 Å². The highest BCUT2D eigenvalue weighted by Crippen LogP contribution is 2.31. The van der Waals surface area contributed by atoms with Crippen molar-refractivity contribution in [3.63, 3.8) is 0 Å². The molecule has 0 atom stereocenters. The summed E-state index contributed by atoms with van der Waals surface area (Å²) in [5.74, 6) is 0.735. The minimum atomic E-state index is 0.435. The molecule has 0 radical (unpaired) electrons. The summed E-state index contributed by atoms with van der Waals surface area (Å²) in [6.45, 7) is 0. The molecule has 0 aliphatic heterocycles. The van der Waals surface area contributed by atoms with Gasteiger partial charge in [-0.25, -0.2) is 9.97 Å². The summed E-state index contributed by atoms with van der Waals surface area (Å²) in [6.07, 6.45) is 1.43. The Kier molecular flexibility index (Phi) is 2.56. The van der Waals surface area contributed by atoms with Crippen LogP contribution >= 0.6 is 27.5 Å². The van der Waals surface area contributed by atoms with Gasteiger partial charge in [0.25, 0.3) is 0 Å². The molecule has 1 heterocycles. The van der Waals surface area contributed by atoms with Crippen molar-refractivity contribution in [1.29, 1.82) is 0 Å². The molecule has 0 saturated carbocycles. The molecule has 0 unspecified atom stereocenters. The summed E-state index contributed by atoms with van der Waals surface area (Å²) in [5, 5.41) is 1.24. The van der Waals surface area contributed by atoms with Gasteiger partial charge in [-0.15, -0.1) is 0 Å². The number of rotatable bonds is 1. The number of aromatic nitrogens is 2. The summed E-state index contributed by atoms with van der Waals surface area (Å²) >= 11 is 9.33. The highest BCUT2D eigenvalue weighted by Gasteiger charge is 2.07. The third-order valence-corrected chi connectivity index (χ3v) is 2.76. The first kappa shape index (κ1) is 9.68. The lowest BCUT2D eigenvalue weighted by Gasteiger charge is -2.04. The number of ether oxygens (including phenoxy) is 1. The van der Waals surface area contributed by atoms with Crippen LogP contribution in [0, 0.1) is 0 Å². The van der Waals surface area contributed by atoms with Crippen LogP contribution < -0.4 is 4.74 Å². The van der Waals surface area contributed by atoms with Gasteiger partial charge in [0.05, 0.1) is 18.0 Å². The Morgan fingerprint density at radius 1 is 1.36 bits per heavy atom. The minimum absolute atomic E-state index is 0.435. The van der Waals surface area contributed by atoms with Crippen molar-refractivity contribution in [1.82, 2.24) is 9.97 Å². The molecule has 0 aliphatic rings. The zero-order chi connectivity index (χ0) is 10.1. The highest BCUT2D eigenvalue weighted by molar-refractivity contribution is 9.10. The Morgan fingerprint density at radius 3 is 2.86 bits per heavy atom. The molecule has 72 valence electrons. The van der Waals surface area contributed by atoms with Crippen molar-refractivity contribution < 1.29 is 4.74 Å². The van der Waals surface area contributed by atoms with Gasteiger partial charge >= 0.3 is 0 Å². The molecule has 0 fully saturated rings. The van der Waals surface area contributed by atoms with Crippen LogP contribution in [0.2, 0.25) is 5.15 Å². The summed E-state index contributed by atoms with van der Waals surface area (Å²) in [5.41, 5.74) is 0.760. The van der Waals surface area contributed by atoms with Gasteiger partial charge in [-0.1, -0.05) is 11.6 Å². The number of nitrogens with zero attached hydrogens (tertiary/aromatic N) is 2. The highest BCUT2D eigenvalue weighted by atomic mass is 79.9. The maximum atomic E-state index is 5.94. The molecule has 1 aromatic heterocycles. The molecule has 2 rings (SSSR count). The van der Waals surface area contributed by atoms with E-state index >= 15 is 0 Å². The quantitative estimate of drug-likeness (QED) is 0.749. The van der Waals surface area contributed by atoms with Crippen LogP contribution in [0.25, 0.3) is 10.9 Å². The molecule has 3 nitrogen and oxygen atoms in total. The SMILES string of the molecule is COc1cc(Br)c2c(Cl)ncnc2c1. The van der Waals surface area contributed by atoms with Crippen LogP contribution in [0.4, 0.5) is 0 Å². The second-order valence-corrected chi connectivity index (χ2v) is 3.88. The van der Waals surface area contributed by atoms with Crippen LogP contribution in [0.1, 0.15) is 0 Å². The van der Waals surface area contributed by atoms with Crippen LogP contribution in [0.5, 0.6) is 5.75 Å². The van der Waals surface area contributed by atoms with E-state index in [0.717, 1.165) is 21.1 Å². The predicted molar refractivity (Wildman–Crippen MR) is 58.8 cm³/mol. The Labute approximate surface area is 94.2 Å². The van der Waals surface area contributed by atoms with E-state index in [4.69, 9.17) is 16.3 Å². The second kappa shape index (κ2) is 3.71. The standard InChI is InChI=1S/C9H6BrClN2O/c1-14-5-2-6(10)8-7(3-5)12-4-13-9(8)11/h2-4H,1H3. The van der Waals surface area contributed by atoms with Crippen LogP contribution in [0.3, 0.4) is 0 Å². The van der Waals surface area contributed by atoms with E-state index in [-0.39, 0.29) is 0 Å². The van der Waals surface area contributed by atoms with Gasteiger partial charge in [0.15, 0.2) is 0 Å². The molecule has 0 amide bonds. The van der Waals surface area contributed by atoms with E-state index in [2.05, 4.69) is 25.9 Å². The molecule has 5 heteroatoms. The van der Waals surface area contributed by atoms with Crippen molar-refractivity contribution in [2.45, 2.75) is 0 Å². The molecule has 0 bridgehead atoms.